The van der Waals surface area contributed by atoms with E-state index in [0.717, 1.165) is 50.0 Å². The Balaban J connectivity index is 1.52. The molecule has 0 saturated heterocycles. The normalized spacial score (nSPS) is 11.4. The molecular weight excluding hydrogens is 386 g/mol. The second-order valence-corrected chi connectivity index (χ2v) is 7.40. The summed E-state index contributed by atoms with van der Waals surface area (Å²) in [6.07, 6.45) is 9.00. The van der Waals surface area contributed by atoms with Gasteiger partial charge in [0.05, 0.1) is 16.7 Å². The van der Waals surface area contributed by atoms with Crippen LogP contribution in [0, 0.1) is 6.92 Å². The van der Waals surface area contributed by atoms with Gasteiger partial charge in [-0.3, -0.25) is 20.1 Å². The fourth-order valence-electron chi connectivity index (χ4n) is 3.90. The van der Waals surface area contributed by atoms with Crippen molar-refractivity contribution in [2.24, 2.45) is 0 Å². The van der Waals surface area contributed by atoms with E-state index < -0.39 is 0 Å². The van der Waals surface area contributed by atoms with Gasteiger partial charge in [0.2, 0.25) is 0 Å². The second-order valence-electron chi connectivity index (χ2n) is 7.40. The van der Waals surface area contributed by atoms with Crippen LogP contribution in [0.4, 0.5) is 0 Å². The molecule has 0 unspecified atom stereocenters. The molecule has 2 N–H and O–H groups in total. The van der Waals surface area contributed by atoms with Crippen molar-refractivity contribution in [3.63, 3.8) is 0 Å². The summed E-state index contributed by atoms with van der Waals surface area (Å²) in [7, 11) is 0. The molecule has 0 amide bonds. The molecule has 5 aromatic heterocycles. The lowest BCUT2D eigenvalue weighted by molar-refractivity contribution is 1.11. The molecule has 6 rings (SSSR count). The lowest BCUT2D eigenvalue weighted by Gasteiger charge is -2.05. The molecule has 5 heterocycles. The average molecular weight is 403 g/mol. The topological polar surface area (TPSA) is 96.0 Å². The average Bonchev–Trinajstić information content (AvgIpc) is 3.43. The predicted molar refractivity (Wildman–Crippen MR) is 120 cm³/mol. The van der Waals surface area contributed by atoms with Crippen molar-refractivity contribution >= 4 is 21.9 Å². The van der Waals surface area contributed by atoms with E-state index in [1.807, 2.05) is 42.7 Å². The molecule has 7 heteroatoms. The third-order valence-electron chi connectivity index (χ3n) is 5.49. The van der Waals surface area contributed by atoms with Gasteiger partial charge in [-0.2, -0.15) is 5.10 Å². The van der Waals surface area contributed by atoms with Crippen molar-refractivity contribution in [1.82, 2.24) is 35.1 Å². The van der Waals surface area contributed by atoms with E-state index in [4.69, 9.17) is 4.98 Å². The van der Waals surface area contributed by atoms with Crippen LogP contribution in [0.2, 0.25) is 0 Å². The van der Waals surface area contributed by atoms with Crippen LogP contribution in [0.1, 0.15) is 5.56 Å². The van der Waals surface area contributed by atoms with Gasteiger partial charge in [-0.1, -0.05) is 6.07 Å². The monoisotopic (exact) mass is 403 g/mol. The molecule has 0 fully saturated rings. The smallest absolute Gasteiger partial charge is 0.159 e. The molecule has 6 aromatic rings. The van der Waals surface area contributed by atoms with Gasteiger partial charge in [-0.25, -0.2) is 4.98 Å². The van der Waals surface area contributed by atoms with Crippen LogP contribution in [-0.4, -0.2) is 35.1 Å². The molecule has 1 aromatic carbocycles. The molecule has 0 aliphatic carbocycles. The van der Waals surface area contributed by atoms with E-state index in [-0.39, 0.29) is 0 Å². The number of rotatable bonds is 3. The maximum Gasteiger partial charge on any atom is 0.159 e. The van der Waals surface area contributed by atoms with Crippen molar-refractivity contribution in [1.29, 1.82) is 0 Å². The van der Waals surface area contributed by atoms with Crippen LogP contribution in [0.25, 0.3) is 55.8 Å². The highest BCUT2D eigenvalue weighted by Gasteiger charge is 2.16. The van der Waals surface area contributed by atoms with Gasteiger partial charge in [0.15, 0.2) is 5.82 Å². The molecular formula is C24H17N7. The molecule has 148 valence electrons. The summed E-state index contributed by atoms with van der Waals surface area (Å²) in [5.74, 6) is 0.699. The minimum Gasteiger partial charge on any atom is -0.336 e. The van der Waals surface area contributed by atoms with E-state index in [9.17, 15) is 0 Å². The zero-order valence-electron chi connectivity index (χ0n) is 16.7. The molecule has 0 saturated carbocycles. The molecule has 0 aliphatic rings. The van der Waals surface area contributed by atoms with Crippen LogP contribution in [0.3, 0.4) is 0 Å². The highest BCUT2D eigenvalue weighted by atomic mass is 15.1. The minimum absolute atomic E-state index is 0.699. The number of pyridine rings is 3. The fourth-order valence-corrected chi connectivity index (χ4v) is 3.90. The number of nitrogens with zero attached hydrogens (tertiary/aromatic N) is 5. The maximum absolute atomic E-state index is 4.87. The predicted octanol–water partition coefficient (Wildman–Crippen LogP) is 4.93. The molecule has 0 atom stereocenters. The number of aromatic nitrogens is 7. The van der Waals surface area contributed by atoms with Gasteiger partial charge in [0.25, 0.3) is 0 Å². The van der Waals surface area contributed by atoms with E-state index in [1.165, 1.54) is 5.56 Å². The number of hydrogen-bond acceptors (Lipinski definition) is 5. The Hall–Kier alpha value is -4.39. The highest BCUT2D eigenvalue weighted by Crippen LogP contribution is 2.32. The SMILES string of the molecule is Cc1ccncc1-c1ccc2[nH]nc(-c3nc4c(-c5ccncc5)nccc4[nH]3)c2c1. The summed E-state index contributed by atoms with van der Waals surface area (Å²) in [5, 5.41) is 8.68. The number of imidazole rings is 1. The minimum atomic E-state index is 0.699. The highest BCUT2D eigenvalue weighted by molar-refractivity contribution is 5.97. The number of nitrogens with one attached hydrogen (secondary N) is 2. The Bertz CT molecular complexity index is 1550. The maximum atomic E-state index is 4.87. The second kappa shape index (κ2) is 6.84. The van der Waals surface area contributed by atoms with Crippen molar-refractivity contribution < 1.29 is 0 Å². The van der Waals surface area contributed by atoms with Crippen LogP contribution in [0.15, 0.2) is 73.4 Å². The van der Waals surface area contributed by atoms with Gasteiger partial charge < -0.3 is 4.98 Å². The molecule has 0 bridgehead atoms. The van der Waals surface area contributed by atoms with Crippen molar-refractivity contribution in [2.75, 3.05) is 0 Å². The summed E-state index contributed by atoms with van der Waals surface area (Å²) in [5.41, 5.74) is 8.60. The quantitative estimate of drug-likeness (QED) is 0.437. The number of aromatic amines is 2. The van der Waals surface area contributed by atoms with Crippen molar-refractivity contribution in [3.05, 3.63) is 79.0 Å². The number of H-pyrrole nitrogens is 2. The Morgan fingerprint density at radius 3 is 2.52 bits per heavy atom. The summed E-state index contributed by atoms with van der Waals surface area (Å²) in [6, 6.07) is 14.1. The Kier molecular flexibility index (Phi) is 3.86. The first-order chi connectivity index (χ1) is 15.3. The third kappa shape index (κ3) is 2.86. The van der Waals surface area contributed by atoms with E-state index >= 15 is 0 Å². The lowest BCUT2D eigenvalue weighted by atomic mass is 10.0. The first-order valence-corrected chi connectivity index (χ1v) is 9.92. The fraction of sp³-hybridized carbons (Fsp3) is 0.0417. The summed E-state index contributed by atoms with van der Waals surface area (Å²) in [4.78, 5) is 21.2. The van der Waals surface area contributed by atoms with Gasteiger partial charge in [0.1, 0.15) is 11.2 Å². The van der Waals surface area contributed by atoms with Gasteiger partial charge in [0, 0.05) is 47.5 Å². The summed E-state index contributed by atoms with van der Waals surface area (Å²) < 4.78 is 0. The Labute approximate surface area is 177 Å². The summed E-state index contributed by atoms with van der Waals surface area (Å²) in [6.45, 7) is 2.09. The van der Waals surface area contributed by atoms with Gasteiger partial charge >= 0.3 is 0 Å². The van der Waals surface area contributed by atoms with Crippen LogP contribution < -0.4 is 0 Å². The van der Waals surface area contributed by atoms with E-state index in [0.29, 0.717) is 5.82 Å². The standard InChI is InChI=1S/C24H17N7/c1-14-4-8-26-13-18(14)16-2-3-19-17(12-16)22(31-30-19)24-28-20-7-11-27-21(23(20)29-24)15-5-9-25-10-6-15/h2-13H,1H3,(H,28,29)(H,30,31). The largest absolute Gasteiger partial charge is 0.336 e. The van der Waals surface area contributed by atoms with E-state index in [1.54, 1.807) is 18.6 Å². The first kappa shape index (κ1) is 17.5. The van der Waals surface area contributed by atoms with Gasteiger partial charge in [-0.05, 0) is 54.4 Å². The molecule has 0 spiro atoms. The van der Waals surface area contributed by atoms with Crippen LogP contribution in [0.5, 0.6) is 0 Å². The molecule has 31 heavy (non-hydrogen) atoms. The molecule has 7 nitrogen and oxygen atoms in total. The number of hydrogen-bond donors (Lipinski definition) is 2. The Morgan fingerprint density at radius 2 is 1.65 bits per heavy atom. The number of fused-ring (bicyclic) bond motifs is 2. The number of benzene rings is 1. The van der Waals surface area contributed by atoms with Gasteiger partial charge in [-0.15, -0.1) is 0 Å². The Morgan fingerprint density at radius 1 is 0.774 bits per heavy atom. The summed E-state index contributed by atoms with van der Waals surface area (Å²) >= 11 is 0. The van der Waals surface area contributed by atoms with Crippen LogP contribution in [-0.2, 0) is 0 Å². The third-order valence-corrected chi connectivity index (χ3v) is 5.49. The zero-order valence-corrected chi connectivity index (χ0v) is 16.7. The zero-order chi connectivity index (χ0) is 20.8. The number of aryl methyl sites for hydroxylation is 1. The first-order valence-electron chi connectivity index (χ1n) is 9.92. The van der Waals surface area contributed by atoms with E-state index in [2.05, 4.69) is 49.2 Å². The molecule has 0 aliphatic heterocycles. The lowest BCUT2D eigenvalue weighted by Crippen LogP contribution is -1.86. The van der Waals surface area contributed by atoms with Crippen LogP contribution >= 0.6 is 0 Å². The van der Waals surface area contributed by atoms with Crippen molar-refractivity contribution in [3.8, 4) is 33.9 Å². The molecule has 0 radical (unpaired) electrons. The van der Waals surface area contributed by atoms with Crippen molar-refractivity contribution in [2.45, 2.75) is 6.92 Å².